The van der Waals surface area contributed by atoms with Crippen molar-refractivity contribution in [1.82, 2.24) is 0 Å². The summed E-state index contributed by atoms with van der Waals surface area (Å²) in [6.07, 6.45) is 7.86. The molecule has 4 nitrogen and oxygen atoms in total. The Morgan fingerprint density at radius 2 is 1.83 bits per heavy atom. The number of nitro benzene ring substituents is 1. The van der Waals surface area contributed by atoms with Gasteiger partial charge in [-0.1, -0.05) is 31.4 Å². The number of nitro groups is 1. The predicted molar refractivity (Wildman–Crippen MR) is 72.3 cm³/mol. The first kappa shape index (κ1) is 12.7. The van der Waals surface area contributed by atoms with Crippen molar-refractivity contribution < 1.29 is 4.92 Å². The lowest BCUT2D eigenvalue weighted by Gasteiger charge is -2.34. The molecule has 1 aliphatic carbocycles. The highest BCUT2D eigenvalue weighted by Gasteiger charge is 2.32. The largest absolute Gasteiger partial charge is 0.300 e. The van der Waals surface area contributed by atoms with Crippen molar-refractivity contribution in [3.63, 3.8) is 0 Å². The standard InChI is InChI=1S/C14H18N2O2/c1-15-11-14(9-3-2-4-10-14)12-5-7-13(8-6-12)16(17)18/h5-8,11H,2-4,9-10H2,1H3. The molecule has 0 amide bonds. The number of benzene rings is 1. The van der Waals surface area contributed by atoms with Gasteiger partial charge in [0.1, 0.15) is 0 Å². The van der Waals surface area contributed by atoms with Crippen LogP contribution >= 0.6 is 0 Å². The van der Waals surface area contributed by atoms with Crippen molar-refractivity contribution in [3.8, 4) is 0 Å². The van der Waals surface area contributed by atoms with E-state index in [4.69, 9.17) is 0 Å². The molecule has 1 aliphatic rings. The number of hydrogen-bond acceptors (Lipinski definition) is 3. The minimum atomic E-state index is -0.356. The number of non-ortho nitro benzene ring substituents is 1. The van der Waals surface area contributed by atoms with E-state index < -0.39 is 0 Å². The van der Waals surface area contributed by atoms with Gasteiger partial charge in [-0.05, 0) is 18.4 Å². The normalized spacial score (nSPS) is 18.9. The van der Waals surface area contributed by atoms with Gasteiger partial charge in [0.15, 0.2) is 0 Å². The average molecular weight is 246 g/mol. The van der Waals surface area contributed by atoms with E-state index in [1.807, 2.05) is 18.3 Å². The van der Waals surface area contributed by atoms with Crippen LogP contribution in [0.1, 0.15) is 37.7 Å². The summed E-state index contributed by atoms with van der Waals surface area (Å²) in [7, 11) is 1.79. The second-order valence-electron chi connectivity index (χ2n) is 4.91. The first-order valence-electron chi connectivity index (χ1n) is 6.36. The molecular formula is C14H18N2O2. The summed E-state index contributed by atoms with van der Waals surface area (Å²) < 4.78 is 0. The molecule has 1 aromatic carbocycles. The van der Waals surface area contributed by atoms with Gasteiger partial charge in [-0.3, -0.25) is 15.1 Å². The van der Waals surface area contributed by atoms with Crippen molar-refractivity contribution in [3.05, 3.63) is 39.9 Å². The monoisotopic (exact) mass is 246 g/mol. The quantitative estimate of drug-likeness (QED) is 0.465. The Morgan fingerprint density at radius 3 is 2.33 bits per heavy atom. The number of rotatable bonds is 3. The highest BCUT2D eigenvalue weighted by molar-refractivity contribution is 5.74. The smallest absolute Gasteiger partial charge is 0.269 e. The van der Waals surface area contributed by atoms with Gasteiger partial charge in [-0.15, -0.1) is 0 Å². The molecule has 0 N–H and O–H groups in total. The van der Waals surface area contributed by atoms with Crippen molar-refractivity contribution in [1.29, 1.82) is 0 Å². The van der Waals surface area contributed by atoms with Crippen molar-refractivity contribution in [2.24, 2.45) is 4.99 Å². The minimum absolute atomic E-state index is 0.0118. The average Bonchev–Trinajstić information content (AvgIpc) is 2.40. The molecule has 2 rings (SSSR count). The molecule has 0 aliphatic heterocycles. The molecule has 0 bridgehead atoms. The number of nitrogens with zero attached hydrogens (tertiary/aromatic N) is 2. The van der Waals surface area contributed by atoms with Gasteiger partial charge >= 0.3 is 0 Å². The van der Waals surface area contributed by atoms with Gasteiger partial charge in [-0.25, -0.2) is 0 Å². The van der Waals surface area contributed by atoms with Crippen LogP contribution in [-0.2, 0) is 5.41 Å². The highest BCUT2D eigenvalue weighted by Crippen LogP contribution is 2.38. The molecule has 1 aromatic rings. The molecule has 0 radical (unpaired) electrons. The van der Waals surface area contributed by atoms with Crippen LogP contribution in [-0.4, -0.2) is 18.2 Å². The lowest BCUT2D eigenvalue weighted by molar-refractivity contribution is -0.384. The first-order valence-corrected chi connectivity index (χ1v) is 6.36. The molecule has 0 spiro atoms. The number of hydrogen-bond donors (Lipinski definition) is 0. The molecule has 4 heteroatoms. The molecule has 18 heavy (non-hydrogen) atoms. The van der Waals surface area contributed by atoms with E-state index in [9.17, 15) is 10.1 Å². The maximum Gasteiger partial charge on any atom is 0.269 e. The Kier molecular flexibility index (Phi) is 3.75. The summed E-state index contributed by atoms with van der Waals surface area (Å²) in [5, 5.41) is 10.7. The van der Waals surface area contributed by atoms with Gasteiger partial charge in [0.05, 0.1) is 4.92 Å². The van der Waals surface area contributed by atoms with Crippen molar-refractivity contribution in [2.75, 3.05) is 7.05 Å². The molecular weight excluding hydrogens is 228 g/mol. The first-order chi connectivity index (χ1) is 8.68. The second kappa shape index (κ2) is 5.29. The van der Waals surface area contributed by atoms with Gasteiger partial charge in [0.25, 0.3) is 5.69 Å². The zero-order chi connectivity index (χ0) is 13.0. The Labute approximate surface area is 107 Å². The lowest BCUT2D eigenvalue weighted by atomic mass is 9.70. The van der Waals surface area contributed by atoms with E-state index in [0.29, 0.717) is 0 Å². The maximum atomic E-state index is 10.7. The maximum absolute atomic E-state index is 10.7. The summed E-state index contributed by atoms with van der Waals surface area (Å²) in [6, 6.07) is 6.95. The fourth-order valence-electron chi connectivity index (χ4n) is 2.84. The molecule has 0 atom stereocenters. The van der Waals surface area contributed by atoms with E-state index in [2.05, 4.69) is 4.99 Å². The predicted octanol–water partition coefficient (Wildman–Crippen LogP) is 3.50. The lowest BCUT2D eigenvalue weighted by Crippen LogP contribution is -2.30. The Morgan fingerprint density at radius 1 is 1.22 bits per heavy atom. The van der Waals surface area contributed by atoms with Crippen LogP contribution in [0.2, 0.25) is 0 Å². The Hall–Kier alpha value is -1.71. The highest BCUT2D eigenvalue weighted by atomic mass is 16.6. The van der Waals surface area contributed by atoms with E-state index in [1.54, 1.807) is 19.2 Å². The zero-order valence-electron chi connectivity index (χ0n) is 10.6. The summed E-state index contributed by atoms with van der Waals surface area (Å²) >= 11 is 0. The molecule has 0 unspecified atom stereocenters. The van der Waals surface area contributed by atoms with Crippen LogP contribution < -0.4 is 0 Å². The third-order valence-electron chi connectivity index (χ3n) is 3.78. The topological polar surface area (TPSA) is 55.5 Å². The van der Waals surface area contributed by atoms with Gasteiger partial charge in [-0.2, -0.15) is 0 Å². The van der Waals surface area contributed by atoms with Crippen LogP contribution in [0.5, 0.6) is 0 Å². The summed E-state index contributed by atoms with van der Waals surface area (Å²) in [5.41, 5.74) is 1.29. The Balaban J connectivity index is 2.33. The fraction of sp³-hybridized carbons (Fsp3) is 0.500. The molecule has 0 aromatic heterocycles. The molecule has 0 saturated heterocycles. The molecule has 1 saturated carbocycles. The summed E-state index contributed by atoms with van der Waals surface area (Å²) in [5.74, 6) is 0. The van der Waals surface area contributed by atoms with Gasteiger partial charge in [0.2, 0.25) is 0 Å². The van der Waals surface area contributed by atoms with E-state index in [1.165, 1.54) is 19.3 Å². The summed E-state index contributed by atoms with van der Waals surface area (Å²) in [6.45, 7) is 0. The van der Waals surface area contributed by atoms with Crippen LogP contribution in [0.15, 0.2) is 29.3 Å². The Bertz CT molecular complexity index is 445. The number of aliphatic imine (C=N–C) groups is 1. The molecule has 1 fully saturated rings. The van der Waals surface area contributed by atoms with E-state index in [-0.39, 0.29) is 16.0 Å². The van der Waals surface area contributed by atoms with Crippen molar-refractivity contribution >= 4 is 11.9 Å². The van der Waals surface area contributed by atoms with E-state index >= 15 is 0 Å². The van der Waals surface area contributed by atoms with E-state index in [0.717, 1.165) is 18.4 Å². The van der Waals surface area contributed by atoms with Crippen LogP contribution in [0.3, 0.4) is 0 Å². The van der Waals surface area contributed by atoms with Gasteiger partial charge in [0, 0.05) is 30.8 Å². The minimum Gasteiger partial charge on any atom is -0.300 e. The van der Waals surface area contributed by atoms with Crippen LogP contribution in [0.4, 0.5) is 5.69 Å². The van der Waals surface area contributed by atoms with Gasteiger partial charge < -0.3 is 0 Å². The van der Waals surface area contributed by atoms with Crippen LogP contribution in [0, 0.1) is 10.1 Å². The van der Waals surface area contributed by atoms with Crippen LogP contribution in [0.25, 0.3) is 0 Å². The molecule has 0 heterocycles. The summed E-state index contributed by atoms with van der Waals surface area (Å²) in [4.78, 5) is 14.5. The second-order valence-corrected chi connectivity index (χ2v) is 4.91. The SMILES string of the molecule is CN=CC1(c2ccc([N+](=O)[O-])cc2)CCCCC1. The van der Waals surface area contributed by atoms with Crippen molar-refractivity contribution in [2.45, 2.75) is 37.5 Å². The third-order valence-corrected chi connectivity index (χ3v) is 3.78. The third kappa shape index (κ3) is 2.42. The molecule has 96 valence electrons. The fourth-order valence-corrected chi connectivity index (χ4v) is 2.84. The zero-order valence-corrected chi connectivity index (χ0v) is 10.6.